The van der Waals surface area contributed by atoms with Gasteiger partial charge in [-0.15, -0.1) is 0 Å². The molecule has 2 aliphatic carbocycles. The van der Waals surface area contributed by atoms with Crippen molar-refractivity contribution in [1.82, 2.24) is 0 Å². The van der Waals surface area contributed by atoms with Gasteiger partial charge in [-0.3, -0.25) is 0 Å². The second-order valence-corrected chi connectivity index (χ2v) is 10.7. The topological polar surface area (TPSA) is 36.9 Å². The molecule has 2 aliphatic rings. The number of rotatable bonds is 10. The van der Waals surface area contributed by atoms with E-state index in [1.54, 1.807) is 0 Å². The summed E-state index contributed by atoms with van der Waals surface area (Å²) in [5.74, 6) is 0. The van der Waals surface area contributed by atoms with E-state index < -0.39 is 8.56 Å². The third kappa shape index (κ3) is 8.63. The van der Waals surface area contributed by atoms with E-state index in [2.05, 4.69) is 13.1 Å². The minimum absolute atomic E-state index is 0.460. The molecular weight excluding hydrogens is 308 g/mol. The van der Waals surface area contributed by atoms with Gasteiger partial charge in [0.1, 0.15) is 0 Å². The molecule has 5 heteroatoms. The van der Waals surface area contributed by atoms with Gasteiger partial charge in [-0.2, -0.15) is 0 Å². The Morgan fingerprint density at radius 3 is 1.39 bits per heavy atom. The van der Waals surface area contributed by atoms with Crippen molar-refractivity contribution in [3.8, 4) is 0 Å². The fourth-order valence-electron chi connectivity index (χ4n) is 3.51. The summed E-state index contributed by atoms with van der Waals surface area (Å²) in [5.41, 5.74) is 0. The van der Waals surface area contributed by atoms with Gasteiger partial charge in [-0.05, 0) is 38.8 Å². The lowest BCUT2D eigenvalue weighted by molar-refractivity contribution is -0.00443. The van der Waals surface area contributed by atoms with Gasteiger partial charge in [-0.1, -0.05) is 38.5 Å². The monoisotopic (exact) mass is 344 g/mol. The Balaban J connectivity index is 1.46. The van der Waals surface area contributed by atoms with Crippen LogP contribution in [0.2, 0.25) is 13.1 Å². The highest BCUT2D eigenvalue weighted by molar-refractivity contribution is 6.64. The Hall–Kier alpha value is 0.0569. The molecular formula is C18H36O4Si. The highest BCUT2D eigenvalue weighted by Crippen LogP contribution is 2.21. The van der Waals surface area contributed by atoms with Crippen LogP contribution in [0.4, 0.5) is 0 Å². The zero-order valence-electron chi connectivity index (χ0n) is 15.2. The Morgan fingerprint density at radius 2 is 1.00 bits per heavy atom. The van der Waals surface area contributed by atoms with Crippen LogP contribution in [-0.4, -0.2) is 47.2 Å². The van der Waals surface area contributed by atoms with Gasteiger partial charge in [-0.25, -0.2) is 0 Å². The summed E-state index contributed by atoms with van der Waals surface area (Å²) in [5, 5.41) is 0. The normalized spacial score (nSPS) is 21.7. The van der Waals surface area contributed by atoms with Crippen molar-refractivity contribution >= 4 is 8.56 Å². The van der Waals surface area contributed by atoms with E-state index in [1.807, 2.05) is 0 Å². The summed E-state index contributed by atoms with van der Waals surface area (Å²) in [6.07, 6.45) is 13.8. The summed E-state index contributed by atoms with van der Waals surface area (Å²) in [6.45, 7) is 6.91. The highest BCUT2D eigenvalue weighted by atomic mass is 28.4. The highest BCUT2D eigenvalue weighted by Gasteiger charge is 2.25. The van der Waals surface area contributed by atoms with Crippen molar-refractivity contribution < 1.29 is 18.3 Å². The first kappa shape index (κ1) is 19.4. The fourth-order valence-corrected chi connectivity index (χ4v) is 4.74. The molecule has 0 radical (unpaired) electrons. The van der Waals surface area contributed by atoms with Crippen LogP contribution in [-0.2, 0) is 18.3 Å². The van der Waals surface area contributed by atoms with Gasteiger partial charge in [0, 0.05) is 0 Å². The van der Waals surface area contributed by atoms with Crippen LogP contribution >= 0.6 is 0 Å². The number of hydrogen-bond acceptors (Lipinski definition) is 4. The van der Waals surface area contributed by atoms with Gasteiger partial charge in [0.2, 0.25) is 0 Å². The van der Waals surface area contributed by atoms with E-state index in [1.165, 1.54) is 64.2 Å². The standard InChI is InChI=1S/C18H36O4Si/c1-23(2,21-15-13-19-17-9-5-3-6-10-17)22-16-14-20-18-11-7-4-8-12-18/h17-18H,3-16H2,1-2H3. The molecule has 0 N–H and O–H groups in total. The quantitative estimate of drug-likeness (QED) is 0.434. The van der Waals surface area contributed by atoms with Gasteiger partial charge in [0.15, 0.2) is 0 Å². The van der Waals surface area contributed by atoms with Crippen molar-refractivity contribution in [1.29, 1.82) is 0 Å². The molecule has 0 aromatic heterocycles. The van der Waals surface area contributed by atoms with Crippen molar-refractivity contribution in [2.24, 2.45) is 0 Å². The zero-order valence-corrected chi connectivity index (χ0v) is 16.2. The minimum Gasteiger partial charge on any atom is -0.392 e. The van der Waals surface area contributed by atoms with E-state index in [0.717, 1.165) is 0 Å². The van der Waals surface area contributed by atoms with Gasteiger partial charge in [0.25, 0.3) is 0 Å². The summed E-state index contributed by atoms with van der Waals surface area (Å²) in [6, 6.07) is 0. The molecule has 0 heterocycles. The maximum Gasteiger partial charge on any atom is 0.331 e. The lowest BCUT2D eigenvalue weighted by Gasteiger charge is -2.26. The molecule has 23 heavy (non-hydrogen) atoms. The zero-order chi connectivity index (χ0) is 16.4. The van der Waals surface area contributed by atoms with Crippen LogP contribution in [0, 0.1) is 0 Å². The molecule has 0 spiro atoms. The summed E-state index contributed by atoms with van der Waals surface area (Å²) >= 11 is 0. The Kier molecular flexibility index (Phi) is 9.12. The third-order valence-electron chi connectivity index (χ3n) is 4.88. The van der Waals surface area contributed by atoms with Crippen LogP contribution in [0.25, 0.3) is 0 Å². The Bertz CT molecular complexity index is 271. The smallest absolute Gasteiger partial charge is 0.331 e. The van der Waals surface area contributed by atoms with Crippen molar-refractivity contribution in [2.45, 2.75) is 89.5 Å². The van der Waals surface area contributed by atoms with Crippen LogP contribution in [0.3, 0.4) is 0 Å². The van der Waals surface area contributed by atoms with Crippen LogP contribution in [0.15, 0.2) is 0 Å². The molecule has 0 amide bonds. The first-order valence-corrected chi connectivity index (χ1v) is 12.5. The van der Waals surface area contributed by atoms with Gasteiger partial charge >= 0.3 is 8.56 Å². The van der Waals surface area contributed by atoms with Gasteiger partial charge < -0.3 is 18.3 Å². The predicted octanol–water partition coefficient (Wildman–Crippen LogP) is 4.42. The molecule has 2 saturated carbocycles. The van der Waals surface area contributed by atoms with E-state index in [4.69, 9.17) is 18.3 Å². The lowest BCUT2D eigenvalue weighted by Crippen LogP contribution is -2.37. The molecule has 136 valence electrons. The summed E-state index contributed by atoms with van der Waals surface area (Å²) in [4.78, 5) is 0. The maximum absolute atomic E-state index is 5.95. The maximum atomic E-state index is 5.95. The molecule has 0 bridgehead atoms. The largest absolute Gasteiger partial charge is 0.392 e. The molecule has 2 fully saturated rings. The second-order valence-electron chi connectivity index (χ2n) is 7.36. The first-order valence-electron chi connectivity index (χ1n) is 9.67. The molecule has 0 unspecified atom stereocenters. The van der Waals surface area contributed by atoms with E-state index in [-0.39, 0.29) is 0 Å². The molecule has 4 nitrogen and oxygen atoms in total. The molecule has 0 saturated heterocycles. The Labute approximate surface area is 143 Å². The molecule has 0 aromatic carbocycles. The van der Waals surface area contributed by atoms with Crippen LogP contribution < -0.4 is 0 Å². The SMILES string of the molecule is C[Si](C)(OCCOC1CCCCC1)OCCOC1CCCCC1. The van der Waals surface area contributed by atoms with Crippen molar-refractivity contribution in [3.63, 3.8) is 0 Å². The third-order valence-corrected chi connectivity index (χ3v) is 6.68. The van der Waals surface area contributed by atoms with Crippen LogP contribution in [0.1, 0.15) is 64.2 Å². The first-order chi connectivity index (χ1) is 11.2. The van der Waals surface area contributed by atoms with E-state index >= 15 is 0 Å². The molecule has 0 aliphatic heterocycles. The Morgan fingerprint density at radius 1 is 0.609 bits per heavy atom. The van der Waals surface area contributed by atoms with E-state index in [9.17, 15) is 0 Å². The van der Waals surface area contributed by atoms with Crippen molar-refractivity contribution in [3.05, 3.63) is 0 Å². The average molecular weight is 345 g/mol. The molecule has 0 aromatic rings. The molecule has 2 rings (SSSR count). The lowest BCUT2D eigenvalue weighted by atomic mass is 9.98. The van der Waals surface area contributed by atoms with E-state index in [0.29, 0.717) is 38.6 Å². The minimum atomic E-state index is -2.04. The fraction of sp³-hybridized carbons (Fsp3) is 1.00. The van der Waals surface area contributed by atoms with Crippen LogP contribution in [0.5, 0.6) is 0 Å². The predicted molar refractivity (Wildman–Crippen MR) is 95.0 cm³/mol. The summed E-state index contributed by atoms with van der Waals surface area (Å²) < 4.78 is 23.7. The molecule has 0 atom stereocenters. The van der Waals surface area contributed by atoms with Crippen molar-refractivity contribution in [2.75, 3.05) is 26.4 Å². The average Bonchev–Trinajstić information content (AvgIpc) is 2.58. The summed E-state index contributed by atoms with van der Waals surface area (Å²) in [7, 11) is -2.04. The second kappa shape index (κ2) is 10.8. The van der Waals surface area contributed by atoms with Gasteiger partial charge in [0.05, 0.1) is 38.6 Å². The number of hydrogen-bond donors (Lipinski definition) is 0. The number of ether oxygens (including phenoxy) is 2.